The first-order chi connectivity index (χ1) is 33.4. The Kier molecular flexibility index (Phi) is 17.2. The summed E-state index contributed by atoms with van der Waals surface area (Å²) in [6.07, 6.45) is 12.9. The number of carbonyl (C=O) groups excluding carboxylic acids is 4. The van der Waals surface area contributed by atoms with Crippen molar-refractivity contribution in [3.8, 4) is 0 Å². The van der Waals surface area contributed by atoms with Crippen molar-refractivity contribution in [3.05, 3.63) is 113 Å². The number of rotatable bonds is 8. The number of imidazole rings is 2. The first-order valence-electron chi connectivity index (χ1n) is 21.0. The van der Waals surface area contributed by atoms with Gasteiger partial charge in [-0.3, -0.25) is 38.4 Å². The lowest BCUT2D eigenvalue weighted by molar-refractivity contribution is -0.129. The number of nitrogen functional groups attached to an aromatic ring is 1. The number of nitrogens with two attached hydrogens (primary N) is 1. The van der Waals surface area contributed by atoms with E-state index in [0.717, 1.165) is 60.0 Å². The van der Waals surface area contributed by atoms with Crippen LogP contribution in [-0.4, -0.2) is 97.5 Å². The Balaban J connectivity index is 0.000000138. The molecule has 22 nitrogen and oxygen atoms in total. The molecule has 0 saturated heterocycles. The van der Waals surface area contributed by atoms with E-state index < -0.39 is 0 Å². The molecule has 70 heavy (non-hydrogen) atoms. The van der Waals surface area contributed by atoms with E-state index in [4.69, 9.17) is 41.2 Å². The fraction of sp³-hybridized carbons (Fsp3) is 0.256. The van der Waals surface area contributed by atoms with Crippen molar-refractivity contribution in [1.82, 2.24) is 73.9 Å². The van der Waals surface area contributed by atoms with Gasteiger partial charge in [0.05, 0.1) is 17.7 Å². The molecule has 0 atom stereocenters. The minimum absolute atomic E-state index is 0. The number of imide groups is 1. The van der Waals surface area contributed by atoms with Crippen LogP contribution in [0.1, 0.15) is 46.0 Å². The van der Waals surface area contributed by atoms with Crippen molar-refractivity contribution >= 4 is 127 Å². The molecule has 4 amide bonds. The number of H-pyrrole nitrogens is 1. The molecule has 0 aromatic carbocycles. The summed E-state index contributed by atoms with van der Waals surface area (Å²) in [7, 11) is 0. The Morgan fingerprint density at radius 3 is 1.83 bits per heavy atom. The summed E-state index contributed by atoms with van der Waals surface area (Å²) < 4.78 is 7.57. The average Bonchev–Trinajstić information content (AvgIpc) is 4.30. The minimum atomic E-state index is -0.253. The van der Waals surface area contributed by atoms with Gasteiger partial charge in [-0.2, -0.15) is 15.3 Å². The summed E-state index contributed by atoms with van der Waals surface area (Å²) in [4.78, 5) is 53.4. The maximum atomic E-state index is 11.9. The zero-order chi connectivity index (χ0) is 48.4. The van der Waals surface area contributed by atoms with E-state index in [2.05, 4.69) is 82.6 Å². The first-order valence-corrected chi connectivity index (χ1v) is 24.1. The number of pyridine rings is 2. The SMILES string of the molecule is C.Nc1ccc(Cl)nn1.O=C(CBr)NC(=O)C1CC1.O=C(Nc1cn2nc(Cl)ccc2n1)C1CC1.O=C(Nc1cn2nc(Sc3nnc4ccccn34)ccc2n1)C1CC1.S=c1[nH]nc2ccccn12. The zero-order valence-corrected chi connectivity index (χ0v) is 40.6. The number of hydrogen-bond donors (Lipinski definition) is 5. The standard InChI is InChI=1S/C16H13N7OS.C10H9ClN4O.C6H8BrNO2.C6H5N3S.C4H4ClN3.CH4/c24-15(10-4-5-10)18-11-9-23-12(17-11)6-7-14(21-23)25-16-20-19-13-3-1-2-8-22(13)16;11-7-3-4-9-12-8(5-15(9)14-7)13-10(16)6-1-2-6;7-3-5(9)8-6(10)4-1-2-4;10-6-8-7-5-3-1-2-4-9(5)6;5-3-1-2-4(6)8-7-3;/h1-3,6-10H,4-5H2,(H,18,24);3-6H,1-2H2,(H,13,16);4H,1-3H2,(H,8,9,10);1-4H,(H,8,10);1-2H,(H2,6,8);1H4. The third kappa shape index (κ3) is 14.3. The number of nitrogens with one attached hydrogen (secondary N) is 4. The fourth-order valence-corrected chi connectivity index (χ4v) is 7.20. The number of anilines is 3. The smallest absolute Gasteiger partial charge is 0.237 e. The van der Waals surface area contributed by atoms with Crippen LogP contribution in [-0.2, 0) is 19.2 Å². The van der Waals surface area contributed by atoms with Crippen LogP contribution in [0.5, 0.6) is 0 Å². The molecular formula is C43H43BrCl2N18O4S2. The van der Waals surface area contributed by atoms with Gasteiger partial charge in [-0.1, -0.05) is 58.7 Å². The summed E-state index contributed by atoms with van der Waals surface area (Å²) in [6, 6.07) is 21.8. The monoisotopic (exact) mass is 1090 g/mol. The number of aromatic nitrogens is 14. The predicted octanol–water partition coefficient (Wildman–Crippen LogP) is 7.18. The van der Waals surface area contributed by atoms with Crippen molar-refractivity contribution in [1.29, 1.82) is 0 Å². The van der Waals surface area contributed by atoms with Gasteiger partial charge in [0.2, 0.25) is 28.8 Å². The molecule has 9 aromatic rings. The van der Waals surface area contributed by atoms with Crippen LogP contribution < -0.4 is 21.7 Å². The van der Waals surface area contributed by atoms with Crippen LogP contribution in [0.4, 0.5) is 17.5 Å². The highest BCUT2D eigenvalue weighted by molar-refractivity contribution is 9.09. The number of halogens is 3. The molecule has 12 rings (SSSR count). The molecule has 3 aliphatic carbocycles. The molecule has 3 fully saturated rings. The molecule has 3 aliphatic rings. The van der Waals surface area contributed by atoms with Gasteiger partial charge < -0.3 is 16.4 Å². The molecule has 9 aromatic heterocycles. The maximum absolute atomic E-state index is 11.9. The van der Waals surface area contributed by atoms with Crippen molar-refractivity contribution in [2.24, 2.45) is 17.8 Å². The second kappa shape index (κ2) is 23.6. The Bertz CT molecular complexity index is 3310. The summed E-state index contributed by atoms with van der Waals surface area (Å²) in [5.41, 5.74) is 8.18. The third-order valence-electron chi connectivity index (χ3n) is 9.77. The first kappa shape index (κ1) is 50.9. The van der Waals surface area contributed by atoms with E-state index in [1.54, 1.807) is 45.7 Å². The fourth-order valence-electron chi connectivity index (χ4n) is 5.83. The quantitative estimate of drug-likeness (QED) is 0.0744. The van der Waals surface area contributed by atoms with E-state index in [9.17, 15) is 19.2 Å². The molecule has 9 heterocycles. The summed E-state index contributed by atoms with van der Waals surface area (Å²) in [5, 5.41) is 40.8. The number of amides is 4. The second-order valence-corrected chi connectivity index (χ2v) is 18.0. The largest absolute Gasteiger partial charge is 0.382 e. The molecule has 27 heteroatoms. The van der Waals surface area contributed by atoms with Crippen LogP contribution in [0.15, 0.2) is 108 Å². The van der Waals surface area contributed by atoms with Gasteiger partial charge in [0.25, 0.3) is 0 Å². The van der Waals surface area contributed by atoms with Crippen molar-refractivity contribution in [2.45, 2.75) is 56.1 Å². The average molecular weight is 1090 g/mol. The molecule has 0 radical (unpaired) electrons. The molecular weight excluding hydrogens is 1050 g/mol. The van der Waals surface area contributed by atoms with Crippen LogP contribution >= 0.6 is 63.1 Å². The Labute approximate surface area is 425 Å². The summed E-state index contributed by atoms with van der Waals surface area (Å²) in [6.45, 7) is 0. The molecule has 362 valence electrons. The Hall–Kier alpha value is -6.93. The van der Waals surface area contributed by atoms with Gasteiger partial charge in [-0.25, -0.2) is 19.0 Å². The van der Waals surface area contributed by atoms with Crippen LogP contribution in [0.3, 0.4) is 0 Å². The maximum Gasteiger partial charge on any atom is 0.237 e. The van der Waals surface area contributed by atoms with E-state index in [1.165, 1.54) is 11.8 Å². The number of alkyl halides is 1. The van der Waals surface area contributed by atoms with E-state index >= 15 is 0 Å². The third-order valence-corrected chi connectivity index (χ3v) is 11.9. The van der Waals surface area contributed by atoms with Gasteiger partial charge >= 0.3 is 0 Å². The highest BCUT2D eigenvalue weighted by atomic mass is 79.9. The Morgan fingerprint density at radius 1 is 0.686 bits per heavy atom. The number of nitrogens with zero attached hydrogens (tertiary/aromatic N) is 13. The lowest BCUT2D eigenvalue weighted by atomic mass is 10.4. The van der Waals surface area contributed by atoms with Crippen molar-refractivity contribution in [2.75, 3.05) is 21.7 Å². The summed E-state index contributed by atoms with van der Waals surface area (Å²) >= 11 is 20.4. The highest BCUT2D eigenvalue weighted by Crippen LogP contribution is 2.31. The lowest BCUT2D eigenvalue weighted by Crippen LogP contribution is -2.32. The van der Waals surface area contributed by atoms with Gasteiger partial charge in [-0.05, 0) is 123 Å². The Morgan fingerprint density at radius 2 is 1.26 bits per heavy atom. The highest BCUT2D eigenvalue weighted by Gasteiger charge is 2.31. The molecule has 6 N–H and O–H groups in total. The van der Waals surface area contributed by atoms with E-state index in [-0.39, 0.29) is 54.1 Å². The van der Waals surface area contributed by atoms with E-state index in [1.807, 2.05) is 69.7 Å². The zero-order valence-electron chi connectivity index (χ0n) is 35.9. The van der Waals surface area contributed by atoms with Crippen LogP contribution in [0, 0.1) is 22.5 Å². The van der Waals surface area contributed by atoms with Crippen LogP contribution in [0.2, 0.25) is 10.3 Å². The minimum Gasteiger partial charge on any atom is -0.382 e. The summed E-state index contributed by atoms with van der Waals surface area (Å²) in [5.74, 6) is 1.55. The van der Waals surface area contributed by atoms with Crippen LogP contribution in [0.25, 0.3) is 22.6 Å². The number of aromatic amines is 1. The number of hydrogen-bond acceptors (Lipinski definition) is 16. The van der Waals surface area contributed by atoms with Gasteiger partial charge in [0.15, 0.2) is 44.1 Å². The lowest BCUT2D eigenvalue weighted by Gasteiger charge is -1.99. The van der Waals surface area contributed by atoms with Crippen molar-refractivity contribution < 1.29 is 19.2 Å². The van der Waals surface area contributed by atoms with Crippen molar-refractivity contribution in [3.63, 3.8) is 0 Å². The number of fused-ring (bicyclic) bond motifs is 4. The normalized spacial score (nSPS) is 13.5. The predicted molar refractivity (Wildman–Crippen MR) is 269 cm³/mol. The number of carbonyl (C=O) groups is 4. The van der Waals surface area contributed by atoms with Gasteiger partial charge in [0.1, 0.15) is 16.0 Å². The van der Waals surface area contributed by atoms with Gasteiger partial charge in [0, 0.05) is 30.1 Å². The molecule has 3 saturated carbocycles. The van der Waals surface area contributed by atoms with Gasteiger partial charge in [-0.15, -0.1) is 20.4 Å². The molecule has 0 bridgehead atoms. The molecule has 0 spiro atoms. The van der Waals surface area contributed by atoms with E-state index in [0.29, 0.717) is 43.8 Å². The molecule has 0 unspecified atom stereocenters. The molecule has 0 aliphatic heterocycles. The topological polar surface area (TPSA) is 280 Å². The second-order valence-electron chi connectivity index (χ2n) is 15.3.